The number of carbonyl (C=O) groups excluding carboxylic acids is 2. The van der Waals surface area contributed by atoms with Crippen LogP contribution in [0.3, 0.4) is 0 Å². The van der Waals surface area contributed by atoms with Gasteiger partial charge < -0.3 is 14.2 Å². The smallest absolute Gasteiger partial charge is 0.338 e. The molecule has 178 valence electrons. The second-order valence-corrected chi connectivity index (χ2v) is 11.8. The number of methoxy groups -OCH3 is 1. The molecule has 0 radical (unpaired) electrons. The van der Waals surface area contributed by atoms with Crippen LogP contribution in [-0.4, -0.2) is 42.2 Å². The van der Waals surface area contributed by atoms with Crippen molar-refractivity contribution in [2.75, 3.05) is 7.11 Å². The fraction of sp³-hybridized carbons (Fsp3) is 0.214. The third-order valence-electron chi connectivity index (χ3n) is 5.89. The van der Waals surface area contributed by atoms with Crippen LogP contribution >= 0.6 is 6.89 Å². The normalized spacial score (nSPS) is 18.9. The van der Waals surface area contributed by atoms with Crippen LogP contribution in [0.15, 0.2) is 91.0 Å². The van der Waals surface area contributed by atoms with E-state index in [2.05, 4.69) is 6.07 Å². The lowest BCUT2D eigenvalue weighted by atomic mass is 10.1. The van der Waals surface area contributed by atoms with E-state index in [0.29, 0.717) is 0 Å². The number of Topliss-reactive ketones (excluding diaryl/α,β-unsaturated/α-hetero) is 1. The molecule has 6 nitrogen and oxygen atoms in total. The van der Waals surface area contributed by atoms with Crippen molar-refractivity contribution in [1.29, 1.82) is 5.26 Å². The molecule has 0 N–H and O–H groups in total. The minimum Gasteiger partial charge on any atom is -0.467 e. The standard InChI is InChI=1S/C28H26NO5P/c1-28(2)33-25(26(34-28)27(31)32-3)24(30)23(19-29)35(20-13-7-4-8-14-20,21-15-9-5-10-16-21)22-17-11-6-12-18-22/h4-18,25-26H,1-3H3/t25-,26+/m0/s1. The molecule has 1 fully saturated rings. The molecule has 4 rings (SSSR count). The Labute approximate surface area is 205 Å². The van der Waals surface area contributed by atoms with Gasteiger partial charge in [-0.15, -0.1) is 0 Å². The Morgan fingerprint density at radius 1 is 0.800 bits per heavy atom. The quantitative estimate of drug-likeness (QED) is 0.393. The SMILES string of the molecule is COC(=O)[C@@H]1OC(C)(C)O[C@H]1C(=O)C(C#N)=P(c1ccccc1)(c1ccccc1)c1ccccc1. The number of nitriles is 1. The van der Waals surface area contributed by atoms with E-state index in [-0.39, 0.29) is 5.29 Å². The van der Waals surface area contributed by atoms with Crippen molar-refractivity contribution in [2.24, 2.45) is 0 Å². The van der Waals surface area contributed by atoms with Gasteiger partial charge in [0, 0.05) is 0 Å². The van der Waals surface area contributed by atoms with Crippen molar-refractivity contribution in [3.63, 3.8) is 0 Å². The molecule has 0 amide bonds. The lowest BCUT2D eigenvalue weighted by Gasteiger charge is -2.30. The summed E-state index contributed by atoms with van der Waals surface area (Å²) in [6, 6.07) is 30.9. The third kappa shape index (κ3) is 4.47. The molecule has 0 aromatic heterocycles. The van der Waals surface area contributed by atoms with Crippen LogP contribution in [0, 0.1) is 11.3 Å². The molecular formula is C28H26NO5P. The third-order valence-corrected chi connectivity index (χ3v) is 10.1. The zero-order valence-corrected chi connectivity index (χ0v) is 20.6. The van der Waals surface area contributed by atoms with Crippen molar-refractivity contribution in [3.8, 4) is 6.07 Å². The van der Waals surface area contributed by atoms with Gasteiger partial charge in [-0.25, -0.2) is 4.79 Å². The Hall–Kier alpha value is -3.49. The second-order valence-electron chi connectivity index (χ2n) is 8.50. The Kier molecular flexibility index (Phi) is 7.05. The minimum atomic E-state index is -2.96. The molecule has 0 spiro atoms. The van der Waals surface area contributed by atoms with Gasteiger partial charge in [0.2, 0.25) is 5.78 Å². The van der Waals surface area contributed by atoms with Gasteiger partial charge >= 0.3 is 5.97 Å². The summed E-state index contributed by atoms with van der Waals surface area (Å²) in [5.41, 5.74) is 0. The van der Waals surface area contributed by atoms with Gasteiger partial charge in [0.05, 0.1) is 7.11 Å². The van der Waals surface area contributed by atoms with E-state index in [1.54, 1.807) is 13.8 Å². The van der Waals surface area contributed by atoms with E-state index in [1.807, 2.05) is 91.0 Å². The minimum absolute atomic E-state index is 0.0290. The number of hydrogen-bond donors (Lipinski definition) is 0. The van der Waals surface area contributed by atoms with Gasteiger partial charge in [0.1, 0.15) is 11.4 Å². The number of carbonyl (C=O) groups is 2. The molecule has 3 aromatic carbocycles. The summed E-state index contributed by atoms with van der Waals surface area (Å²) >= 11 is 0. The predicted molar refractivity (Wildman–Crippen MR) is 137 cm³/mol. The first kappa shape index (κ1) is 24.6. The number of nitrogens with zero attached hydrogens (tertiary/aromatic N) is 1. The maximum absolute atomic E-state index is 14.2. The summed E-state index contributed by atoms with van der Waals surface area (Å²) in [4.78, 5) is 26.7. The first-order chi connectivity index (χ1) is 16.8. The number of ketones is 1. The summed E-state index contributed by atoms with van der Waals surface area (Å²) in [5, 5.41) is 13.2. The van der Waals surface area contributed by atoms with Crippen molar-refractivity contribution >= 4 is 39.8 Å². The zero-order chi connectivity index (χ0) is 25.1. The molecule has 0 saturated carbocycles. The molecule has 2 atom stereocenters. The van der Waals surface area contributed by atoms with Crippen molar-refractivity contribution in [2.45, 2.75) is 31.8 Å². The number of esters is 1. The molecule has 0 unspecified atom stereocenters. The highest BCUT2D eigenvalue weighted by molar-refractivity contribution is 7.97. The topological polar surface area (TPSA) is 85.6 Å². The Morgan fingerprint density at radius 3 is 1.57 bits per heavy atom. The maximum Gasteiger partial charge on any atom is 0.338 e. The van der Waals surface area contributed by atoms with E-state index in [1.165, 1.54) is 7.11 Å². The van der Waals surface area contributed by atoms with Crippen molar-refractivity contribution < 1.29 is 23.8 Å². The van der Waals surface area contributed by atoms with Gasteiger partial charge in [-0.2, -0.15) is 5.26 Å². The van der Waals surface area contributed by atoms with Gasteiger partial charge in [0.15, 0.2) is 18.0 Å². The highest BCUT2D eigenvalue weighted by Gasteiger charge is 2.51. The largest absolute Gasteiger partial charge is 0.467 e. The van der Waals surface area contributed by atoms with Crippen LogP contribution in [0.25, 0.3) is 0 Å². The molecule has 1 aliphatic rings. The fourth-order valence-corrected chi connectivity index (χ4v) is 8.60. The van der Waals surface area contributed by atoms with Gasteiger partial charge in [0.25, 0.3) is 0 Å². The molecule has 0 bridgehead atoms. The molecule has 3 aromatic rings. The molecule has 1 aliphatic heterocycles. The number of rotatable bonds is 6. The Bertz CT molecular complexity index is 1210. The van der Waals surface area contributed by atoms with E-state index >= 15 is 0 Å². The summed E-state index contributed by atoms with van der Waals surface area (Å²) in [7, 11) is 1.22. The van der Waals surface area contributed by atoms with Crippen LogP contribution < -0.4 is 15.9 Å². The van der Waals surface area contributed by atoms with Crippen molar-refractivity contribution in [3.05, 3.63) is 91.0 Å². The number of benzene rings is 3. The lowest BCUT2D eigenvalue weighted by Crippen LogP contribution is -2.43. The fourth-order valence-electron chi connectivity index (χ4n) is 4.46. The zero-order valence-electron chi connectivity index (χ0n) is 19.8. The van der Waals surface area contributed by atoms with Gasteiger partial charge in [-0.3, -0.25) is 4.79 Å². The monoisotopic (exact) mass is 487 g/mol. The maximum atomic E-state index is 14.2. The van der Waals surface area contributed by atoms with E-state index in [9.17, 15) is 14.9 Å². The predicted octanol–water partition coefficient (Wildman–Crippen LogP) is 2.94. The highest BCUT2D eigenvalue weighted by Crippen LogP contribution is 2.47. The average molecular weight is 487 g/mol. The molecule has 7 heteroatoms. The number of ether oxygens (including phenoxy) is 3. The second kappa shape index (κ2) is 10.0. The number of hydrogen-bond acceptors (Lipinski definition) is 6. The van der Waals surface area contributed by atoms with E-state index < -0.39 is 36.6 Å². The first-order valence-corrected chi connectivity index (χ1v) is 12.9. The Balaban J connectivity index is 2.10. The molecule has 0 aliphatic carbocycles. The van der Waals surface area contributed by atoms with Crippen LogP contribution in [-0.2, 0) is 23.8 Å². The Morgan fingerprint density at radius 2 is 1.20 bits per heavy atom. The lowest BCUT2D eigenvalue weighted by molar-refractivity contribution is -0.168. The van der Waals surface area contributed by atoms with Crippen LogP contribution in [0.4, 0.5) is 0 Å². The summed E-state index contributed by atoms with van der Waals surface area (Å²) < 4.78 is 16.5. The van der Waals surface area contributed by atoms with Gasteiger partial charge in [-0.05, 0) is 36.6 Å². The average Bonchev–Trinajstić information content (AvgIpc) is 3.23. The summed E-state index contributed by atoms with van der Waals surface area (Å²) in [6.07, 6.45) is -2.60. The summed E-state index contributed by atoms with van der Waals surface area (Å²) in [6.45, 7) is 0.282. The van der Waals surface area contributed by atoms with Crippen LogP contribution in [0.1, 0.15) is 13.8 Å². The highest BCUT2D eigenvalue weighted by atomic mass is 31.2. The first-order valence-electron chi connectivity index (χ1n) is 11.2. The van der Waals surface area contributed by atoms with E-state index in [0.717, 1.165) is 15.9 Å². The summed E-state index contributed by atoms with van der Waals surface area (Å²) in [5.74, 6) is -2.51. The molecule has 35 heavy (non-hydrogen) atoms. The molecule has 1 heterocycles. The van der Waals surface area contributed by atoms with Crippen molar-refractivity contribution in [1.82, 2.24) is 0 Å². The van der Waals surface area contributed by atoms with Crippen LogP contribution in [0.2, 0.25) is 0 Å². The van der Waals surface area contributed by atoms with Gasteiger partial charge in [-0.1, -0.05) is 91.0 Å². The molecule has 1 saturated heterocycles. The molecular weight excluding hydrogens is 461 g/mol. The van der Waals surface area contributed by atoms with Crippen LogP contribution in [0.5, 0.6) is 0 Å². The van der Waals surface area contributed by atoms with E-state index in [4.69, 9.17) is 14.2 Å².